The molecule has 2 aromatic rings. The molecule has 4 nitrogen and oxygen atoms in total. The van der Waals surface area contributed by atoms with E-state index in [2.05, 4.69) is 53.5 Å². The van der Waals surface area contributed by atoms with Crippen LogP contribution in [0.15, 0.2) is 30.6 Å². The Balaban J connectivity index is 1.88. The fourth-order valence-corrected chi connectivity index (χ4v) is 1.99. The maximum atomic E-state index is 4.20. The van der Waals surface area contributed by atoms with Crippen LogP contribution in [0.2, 0.25) is 0 Å². The third-order valence-electron chi connectivity index (χ3n) is 3.20. The van der Waals surface area contributed by atoms with E-state index in [9.17, 15) is 0 Å². The highest BCUT2D eigenvalue weighted by Gasteiger charge is 2.07. The van der Waals surface area contributed by atoms with Gasteiger partial charge in [-0.25, -0.2) is 4.98 Å². The van der Waals surface area contributed by atoms with E-state index in [-0.39, 0.29) is 0 Å². The molecule has 0 radical (unpaired) electrons. The first-order valence-corrected chi connectivity index (χ1v) is 6.27. The van der Waals surface area contributed by atoms with Gasteiger partial charge in [0.05, 0.1) is 6.54 Å². The number of benzene rings is 1. The zero-order valence-corrected chi connectivity index (χ0v) is 11.2. The Labute approximate surface area is 108 Å². The number of hydrogen-bond acceptors (Lipinski definition) is 3. The second-order valence-electron chi connectivity index (χ2n) is 4.71. The van der Waals surface area contributed by atoms with Crippen molar-refractivity contribution in [2.24, 2.45) is 7.05 Å². The van der Waals surface area contributed by atoms with Crippen molar-refractivity contribution in [3.8, 4) is 0 Å². The van der Waals surface area contributed by atoms with Gasteiger partial charge in [-0.15, -0.1) is 0 Å². The van der Waals surface area contributed by atoms with Crippen LogP contribution >= 0.6 is 0 Å². The van der Waals surface area contributed by atoms with Crippen LogP contribution in [0.25, 0.3) is 0 Å². The summed E-state index contributed by atoms with van der Waals surface area (Å²) in [7, 11) is 1.91. The van der Waals surface area contributed by atoms with Gasteiger partial charge in [0.1, 0.15) is 12.2 Å². The average molecular weight is 244 g/mol. The minimum Gasteiger partial charge on any atom is -0.307 e. The van der Waals surface area contributed by atoms with Gasteiger partial charge < -0.3 is 5.32 Å². The van der Waals surface area contributed by atoms with Crippen molar-refractivity contribution < 1.29 is 0 Å². The van der Waals surface area contributed by atoms with Gasteiger partial charge in [0.2, 0.25) is 0 Å². The molecule has 4 heteroatoms. The van der Waals surface area contributed by atoms with E-state index in [0.29, 0.717) is 6.04 Å². The zero-order valence-electron chi connectivity index (χ0n) is 11.2. The molecule has 0 aliphatic carbocycles. The number of nitrogens with one attached hydrogen (secondary N) is 1. The second-order valence-corrected chi connectivity index (χ2v) is 4.71. The molecule has 1 heterocycles. The summed E-state index contributed by atoms with van der Waals surface area (Å²) >= 11 is 0. The molecule has 1 atom stereocenters. The van der Waals surface area contributed by atoms with Crippen molar-refractivity contribution in [1.29, 1.82) is 0 Å². The predicted octanol–water partition coefficient (Wildman–Crippen LogP) is 1.84. The van der Waals surface area contributed by atoms with Crippen LogP contribution in [0.1, 0.15) is 23.9 Å². The van der Waals surface area contributed by atoms with E-state index in [1.54, 1.807) is 11.0 Å². The molecule has 1 aromatic heterocycles. The molecule has 0 saturated carbocycles. The first kappa shape index (κ1) is 12.8. The molecule has 0 unspecified atom stereocenters. The molecular formula is C14H20N4. The normalized spacial score (nSPS) is 12.6. The lowest BCUT2D eigenvalue weighted by Crippen LogP contribution is -2.29. The van der Waals surface area contributed by atoms with Gasteiger partial charge in [0.15, 0.2) is 0 Å². The Bertz CT molecular complexity index is 504. The maximum Gasteiger partial charge on any atom is 0.140 e. The third kappa shape index (κ3) is 3.17. The predicted molar refractivity (Wildman–Crippen MR) is 72.2 cm³/mol. The van der Waals surface area contributed by atoms with Crippen molar-refractivity contribution in [2.75, 3.05) is 0 Å². The van der Waals surface area contributed by atoms with E-state index in [4.69, 9.17) is 0 Å². The molecule has 0 bridgehead atoms. The summed E-state index contributed by atoms with van der Waals surface area (Å²) in [6.45, 7) is 5.11. The van der Waals surface area contributed by atoms with Crippen LogP contribution in [0.3, 0.4) is 0 Å². The van der Waals surface area contributed by atoms with E-state index in [0.717, 1.165) is 18.8 Å². The molecule has 0 aliphatic heterocycles. The van der Waals surface area contributed by atoms with Crippen LogP contribution in [0.5, 0.6) is 0 Å². The van der Waals surface area contributed by atoms with Crippen molar-refractivity contribution in [2.45, 2.75) is 32.9 Å². The van der Waals surface area contributed by atoms with Gasteiger partial charge in [0.25, 0.3) is 0 Å². The molecular weight excluding hydrogens is 224 g/mol. The molecule has 2 rings (SSSR count). The lowest BCUT2D eigenvalue weighted by atomic mass is 10.0. The Hall–Kier alpha value is -1.68. The second kappa shape index (κ2) is 5.78. The number of aromatic nitrogens is 3. The number of aryl methyl sites for hydroxylation is 2. The first-order valence-electron chi connectivity index (χ1n) is 6.27. The van der Waals surface area contributed by atoms with E-state index >= 15 is 0 Å². The van der Waals surface area contributed by atoms with Crippen molar-refractivity contribution >= 4 is 0 Å². The molecule has 96 valence electrons. The topological polar surface area (TPSA) is 42.7 Å². The molecule has 1 N–H and O–H groups in total. The summed E-state index contributed by atoms with van der Waals surface area (Å²) in [5.41, 5.74) is 2.75. The quantitative estimate of drug-likeness (QED) is 0.872. The van der Waals surface area contributed by atoms with Gasteiger partial charge in [0, 0.05) is 13.1 Å². The largest absolute Gasteiger partial charge is 0.307 e. The van der Waals surface area contributed by atoms with Crippen molar-refractivity contribution in [3.63, 3.8) is 0 Å². The summed E-state index contributed by atoms with van der Waals surface area (Å²) in [6.07, 6.45) is 2.62. The molecule has 18 heavy (non-hydrogen) atoms. The molecule has 0 fully saturated rings. The Morgan fingerprint density at radius 2 is 2.11 bits per heavy atom. The zero-order chi connectivity index (χ0) is 13.0. The van der Waals surface area contributed by atoms with Crippen LogP contribution in [0, 0.1) is 6.92 Å². The van der Waals surface area contributed by atoms with Gasteiger partial charge in [-0.3, -0.25) is 4.68 Å². The minimum atomic E-state index is 0.419. The summed E-state index contributed by atoms with van der Waals surface area (Å²) in [5, 5.41) is 7.54. The van der Waals surface area contributed by atoms with Crippen LogP contribution in [0.4, 0.5) is 0 Å². The summed E-state index contributed by atoms with van der Waals surface area (Å²) in [5.74, 6) is 0.964. The lowest BCUT2D eigenvalue weighted by molar-refractivity contribution is 0.518. The van der Waals surface area contributed by atoms with Crippen LogP contribution in [-0.4, -0.2) is 20.8 Å². The summed E-state index contributed by atoms with van der Waals surface area (Å²) in [6, 6.07) is 8.94. The van der Waals surface area contributed by atoms with E-state index in [1.165, 1.54) is 11.1 Å². The Morgan fingerprint density at radius 1 is 1.33 bits per heavy atom. The minimum absolute atomic E-state index is 0.419. The number of hydrogen-bond donors (Lipinski definition) is 1. The van der Waals surface area contributed by atoms with Gasteiger partial charge >= 0.3 is 0 Å². The lowest BCUT2D eigenvalue weighted by Gasteiger charge is -2.14. The maximum absolute atomic E-state index is 4.20. The molecule has 0 amide bonds. The Morgan fingerprint density at radius 3 is 2.78 bits per heavy atom. The fourth-order valence-electron chi connectivity index (χ4n) is 1.99. The number of rotatable bonds is 5. The number of nitrogens with zero attached hydrogens (tertiary/aromatic N) is 3. The molecule has 0 spiro atoms. The third-order valence-corrected chi connectivity index (χ3v) is 3.20. The summed E-state index contributed by atoms with van der Waals surface area (Å²) < 4.78 is 1.80. The average Bonchev–Trinajstić information content (AvgIpc) is 2.75. The monoisotopic (exact) mass is 244 g/mol. The molecule has 0 aliphatic rings. The van der Waals surface area contributed by atoms with E-state index in [1.807, 2.05) is 7.05 Å². The van der Waals surface area contributed by atoms with Crippen LogP contribution < -0.4 is 5.32 Å². The van der Waals surface area contributed by atoms with Crippen molar-refractivity contribution in [1.82, 2.24) is 20.1 Å². The Kier molecular flexibility index (Phi) is 4.10. The first-order chi connectivity index (χ1) is 8.66. The van der Waals surface area contributed by atoms with Gasteiger partial charge in [-0.05, 0) is 31.4 Å². The molecule has 0 saturated heterocycles. The van der Waals surface area contributed by atoms with Gasteiger partial charge in [-0.1, -0.05) is 24.3 Å². The highest BCUT2D eigenvalue weighted by Crippen LogP contribution is 2.09. The standard InChI is InChI=1S/C14H20N4/c1-11-6-4-5-7-13(11)8-12(2)15-9-14-16-10-17-18(14)3/h4-7,10,12,15H,8-9H2,1-3H3/t12-/m1/s1. The van der Waals surface area contributed by atoms with Gasteiger partial charge in [-0.2, -0.15) is 5.10 Å². The smallest absolute Gasteiger partial charge is 0.140 e. The van der Waals surface area contributed by atoms with Crippen molar-refractivity contribution in [3.05, 3.63) is 47.5 Å². The SMILES string of the molecule is Cc1ccccc1C[C@@H](C)NCc1ncnn1C. The summed E-state index contributed by atoms with van der Waals surface area (Å²) in [4.78, 5) is 4.20. The molecule has 1 aromatic carbocycles. The fraction of sp³-hybridized carbons (Fsp3) is 0.429. The highest BCUT2D eigenvalue weighted by atomic mass is 15.3. The van der Waals surface area contributed by atoms with Crippen LogP contribution in [-0.2, 0) is 20.0 Å². The van der Waals surface area contributed by atoms with E-state index < -0.39 is 0 Å². The highest BCUT2D eigenvalue weighted by molar-refractivity contribution is 5.26.